The van der Waals surface area contributed by atoms with Gasteiger partial charge in [0.2, 0.25) is 0 Å². The zero-order chi connectivity index (χ0) is 24.6. The first-order valence-corrected chi connectivity index (χ1v) is 12.4. The van der Waals surface area contributed by atoms with Crippen LogP contribution in [0, 0.1) is 5.92 Å². The predicted molar refractivity (Wildman–Crippen MR) is 141 cm³/mol. The van der Waals surface area contributed by atoms with Gasteiger partial charge in [-0.3, -0.25) is 4.79 Å². The molecular formula is C28H26BN5O2. The summed E-state index contributed by atoms with van der Waals surface area (Å²) in [6.07, 6.45) is 5.34. The molecule has 0 unspecified atom stereocenters. The van der Waals surface area contributed by atoms with E-state index in [1.165, 1.54) is 0 Å². The van der Waals surface area contributed by atoms with E-state index in [1.54, 1.807) is 22.8 Å². The van der Waals surface area contributed by atoms with Crippen molar-refractivity contribution in [1.82, 2.24) is 24.5 Å². The molecule has 2 N–H and O–H groups in total. The summed E-state index contributed by atoms with van der Waals surface area (Å²) < 4.78 is 1.80. The third-order valence-corrected chi connectivity index (χ3v) is 7.22. The Bertz CT molecular complexity index is 1530. The van der Waals surface area contributed by atoms with Gasteiger partial charge < -0.3 is 15.0 Å². The number of phenols is 1. The van der Waals surface area contributed by atoms with E-state index in [0.29, 0.717) is 34.0 Å². The number of nitrogens with zero attached hydrogens (tertiary/aromatic N) is 4. The van der Waals surface area contributed by atoms with Gasteiger partial charge in [-0.2, -0.15) is 5.10 Å². The second-order valence-corrected chi connectivity index (χ2v) is 9.53. The number of carbonyl (C=O) groups is 1. The lowest BCUT2D eigenvalue weighted by molar-refractivity contribution is 0.0682. The SMILES string of the molecule is [B]c1cnn2c(CCC3CCN(C(=O)c4cc5ccccc5[nH]4)CC3)cc(-c3ccccc3O)nc12. The number of phenolic OH excluding ortho intramolecular Hbond substituents is 1. The van der Waals surface area contributed by atoms with Gasteiger partial charge in [0, 0.05) is 41.4 Å². The van der Waals surface area contributed by atoms with Crippen LogP contribution >= 0.6 is 0 Å². The van der Waals surface area contributed by atoms with E-state index < -0.39 is 0 Å². The number of hydrogen-bond acceptors (Lipinski definition) is 4. The number of rotatable bonds is 5. The van der Waals surface area contributed by atoms with Gasteiger partial charge >= 0.3 is 0 Å². The molecule has 0 aliphatic carbocycles. The lowest BCUT2D eigenvalue weighted by atomic mass is 9.91. The Hall–Kier alpha value is -4.07. The van der Waals surface area contributed by atoms with Crippen molar-refractivity contribution in [3.05, 3.63) is 78.2 Å². The van der Waals surface area contributed by atoms with E-state index in [9.17, 15) is 9.90 Å². The molecule has 1 fully saturated rings. The average Bonchev–Trinajstić information content (AvgIpc) is 3.51. The molecule has 0 bridgehead atoms. The van der Waals surface area contributed by atoms with E-state index in [0.717, 1.165) is 55.4 Å². The van der Waals surface area contributed by atoms with Gasteiger partial charge in [-0.15, -0.1) is 0 Å². The standard InChI is InChI=1S/C28H26BN5O2/c29-22-17-30-34-20(16-24(32-27(22)34)21-6-2-4-8-26(21)35)10-9-18-11-13-33(14-12-18)28(36)25-15-19-5-1-3-7-23(19)31-25/h1-8,15-18,31,35H,9-14H2. The van der Waals surface area contributed by atoms with Crippen LogP contribution in [0.15, 0.2) is 66.9 Å². The van der Waals surface area contributed by atoms with Crippen LogP contribution < -0.4 is 5.46 Å². The quantitative estimate of drug-likeness (QED) is 0.378. The van der Waals surface area contributed by atoms with Crippen molar-refractivity contribution in [3.8, 4) is 17.0 Å². The van der Waals surface area contributed by atoms with Crippen molar-refractivity contribution in [2.24, 2.45) is 5.92 Å². The minimum absolute atomic E-state index is 0.0693. The van der Waals surface area contributed by atoms with Gasteiger partial charge in [-0.1, -0.05) is 30.3 Å². The topological polar surface area (TPSA) is 86.5 Å². The molecule has 4 heterocycles. The van der Waals surface area contributed by atoms with Crippen LogP contribution in [0.4, 0.5) is 0 Å². The van der Waals surface area contributed by atoms with Crippen LogP contribution in [-0.4, -0.2) is 56.4 Å². The molecule has 0 spiro atoms. The molecule has 1 aliphatic rings. The number of fused-ring (bicyclic) bond motifs is 2. The molecule has 1 aliphatic heterocycles. The molecule has 7 nitrogen and oxygen atoms in total. The third kappa shape index (κ3) is 4.13. The second kappa shape index (κ2) is 9.19. The minimum atomic E-state index is 0.0693. The van der Waals surface area contributed by atoms with Crippen molar-refractivity contribution < 1.29 is 9.90 Å². The number of para-hydroxylation sites is 2. The molecule has 1 amide bonds. The van der Waals surface area contributed by atoms with Gasteiger partial charge in [0.25, 0.3) is 5.91 Å². The van der Waals surface area contributed by atoms with Gasteiger partial charge in [-0.05, 0) is 67.4 Å². The molecular weight excluding hydrogens is 449 g/mol. The van der Waals surface area contributed by atoms with Gasteiger partial charge in [0.1, 0.15) is 24.9 Å². The number of aromatic hydroxyl groups is 1. The lowest BCUT2D eigenvalue weighted by Crippen LogP contribution is -2.38. The average molecular weight is 475 g/mol. The maximum atomic E-state index is 13.0. The van der Waals surface area contributed by atoms with Crippen LogP contribution in [0.5, 0.6) is 5.75 Å². The number of aryl methyl sites for hydroxylation is 1. The third-order valence-electron chi connectivity index (χ3n) is 7.22. The van der Waals surface area contributed by atoms with Crippen LogP contribution in [0.25, 0.3) is 27.8 Å². The number of benzene rings is 2. The molecule has 0 saturated carbocycles. The van der Waals surface area contributed by atoms with Crippen molar-refractivity contribution in [1.29, 1.82) is 0 Å². The number of carbonyl (C=O) groups excluding carboxylic acids is 1. The van der Waals surface area contributed by atoms with Crippen molar-refractivity contribution in [3.63, 3.8) is 0 Å². The summed E-state index contributed by atoms with van der Waals surface area (Å²) in [4.78, 5) is 22.9. The van der Waals surface area contributed by atoms with Crippen molar-refractivity contribution in [2.45, 2.75) is 25.7 Å². The largest absolute Gasteiger partial charge is 0.507 e. The van der Waals surface area contributed by atoms with E-state index in [2.05, 4.69) is 15.1 Å². The summed E-state index contributed by atoms with van der Waals surface area (Å²) in [5.41, 5.74) is 5.11. The highest BCUT2D eigenvalue weighted by Crippen LogP contribution is 2.29. The maximum absolute atomic E-state index is 13.0. The number of amides is 1. The smallest absolute Gasteiger partial charge is 0.270 e. The Kier molecular flexibility index (Phi) is 5.72. The van der Waals surface area contributed by atoms with Gasteiger partial charge in [-0.25, -0.2) is 9.50 Å². The fourth-order valence-electron chi connectivity index (χ4n) is 5.18. The molecule has 2 aromatic carbocycles. The minimum Gasteiger partial charge on any atom is -0.507 e. The fraction of sp³-hybridized carbons (Fsp3) is 0.250. The number of hydrogen-bond donors (Lipinski definition) is 2. The Morgan fingerprint density at radius 3 is 2.67 bits per heavy atom. The first-order valence-electron chi connectivity index (χ1n) is 12.4. The number of likely N-dealkylation sites (tertiary alicyclic amines) is 1. The first-order chi connectivity index (χ1) is 17.6. The van der Waals surface area contributed by atoms with Crippen LogP contribution in [-0.2, 0) is 6.42 Å². The van der Waals surface area contributed by atoms with Gasteiger partial charge in [0.15, 0.2) is 0 Å². The molecule has 6 rings (SSSR count). The zero-order valence-electron chi connectivity index (χ0n) is 19.9. The maximum Gasteiger partial charge on any atom is 0.270 e. The molecule has 8 heteroatoms. The van der Waals surface area contributed by atoms with Crippen molar-refractivity contribution >= 4 is 35.8 Å². The molecule has 2 radical (unpaired) electrons. The second-order valence-electron chi connectivity index (χ2n) is 9.53. The van der Waals surface area contributed by atoms with Crippen molar-refractivity contribution in [2.75, 3.05) is 13.1 Å². The molecule has 178 valence electrons. The molecule has 1 saturated heterocycles. The van der Waals surface area contributed by atoms with Crippen LogP contribution in [0.2, 0.25) is 0 Å². The summed E-state index contributed by atoms with van der Waals surface area (Å²) in [5.74, 6) is 0.770. The number of piperidine rings is 1. The Labute approximate surface area is 210 Å². The molecule has 0 atom stereocenters. The Morgan fingerprint density at radius 2 is 1.86 bits per heavy atom. The summed E-state index contributed by atoms with van der Waals surface area (Å²) in [5, 5.41) is 15.8. The highest BCUT2D eigenvalue weighted by molar-refractivity contribution is 6.36. The zero-order valence-corrected chi connectivity index (χ0v) is 19.9. The number of H-pyrrole nitrogens is 1. The molecule has 5 aromatic rings. The molecule has 36 heavy (non-hydrogen) atoms. The Morgan fingerprint density at radius 1 is 1.08 bits per heavy atom. The first kappa shape index (κ1) is 22.4. The summed E-state index contributed by atoms with van der Waals surface area (Å²) >= 11 is 0. The normalized spacial score (nSPS) is 14.6. The van der Waals surface area contributed by atoms with E-state index >= 15 is 0 Å². The lowest BCUT2D eigenvalue weighted by Gasteiger charge is -2.31. The summed E-state index contributed by atoms with van der Waals surface area (Å²) in [6.45, 7) is 1.50. The highest BCUT2D eigenvalue weighted by Gasteiger charge is 2.25. The van der Waals surface area contributed by atoms with E-state index in [-0.39, 0.29) is 11.7 Å². The van der Waals surface area contributed by atoms with Crippen LogP contribution in [0.1, 0.15) is 35.4 Å². The number of aromatic nitrogens is 4. The predicted octanol–water partition coefficient (Wildman–Crippen LogP) is 3.86. The summed E-state index contributed by atoms with van der Waals surface area (Å²) in [6, 6.07) is 19.1. The Balaban J connectivity index is 1.14. The summed E-state index contributed by atoms with van der Waals surface area (Å²) in [7, 11) is 6.14. The fourth-order valence-corrected chi connectivity index (χ4v) is 5.18. The number of aromatic amines is 1. The molecule has 3 aromatic heterocycles. The van der Waals surface area contributed by atoms with Crippen LogP contribution in [0.3, 0.4) is 0 Å². The highest BCUT2D eigenvalue weighted by atomic mass is 16.3. The van der Waals surface area contributed by atoms with E-state index in [1.807, 2.05) is 53.4 Å². The van der Waals surface area contributed by atoms with E-state index in [4.69, 9.17) is 7.85 Å². The van der Waals surface area contributed by atoms with Gasteiger partial charge in [0.05, 0.1) is 5.69 Å². The monoisotopic (exact) mass is 475 g/mol. The number of nitrogens with one attached hydrogen (secondary N) is 1.